The lowest BCUT2D eigenvalue weighted by Gasteiger charge is -2.27. The van der Waals surface area contributed by atoms with E-state index < -0.39 is 0 Å². The van der Waals surface area contributed by atoms with E-state index in [-0.39, 0.29) is 0 Å². The zero-order valence-corrected chi connectivity index (χ0v) is 10.4. The maximum absolute atomic E-state index is 5.90. The second-order valence-electron chi connectivity index (χ2n) is 4.75. The lowest BCUT2D eigenvalue weighted by Crippen LogP contribution is -2.24. The highest BCUT2D eigenvalue weighted by molar-refractivity contribution is 5.74. The fraction of sp³-hybridized carbons (Fsp3) is 0.308. The standard InChI is InChI=1S/C13H17N5/c1-17-6-2-3-9-7-10(4-5-11(9)17)12-13(14)18(15)8-16-12/h4-5,7-8H,2-3,6,14-15H2,1H3. The molecule has 0 spiro atoms. The Bertz CT molecular complexity index is 587. The molecule has 3 rings (SSSR count). The highest BCUT2D eigenvalue weighted by Gasteiger charge is 2.16. The molecule has 0 bridgehead atoms. The summed E-state index contributed by atoms with van der Waals surface area (Å²) in [6, 6.07) is 6.36. The van der Waals surface area contributed by atoms with Crippen molar-refractivity contribution < 1.29 is 0 Å². The van der Waals surface area contributed by atoms with Gasteiger partial charge in [-0.2, -0.15) is 0 Å². The molecule has 5 heteroatoms. The van der Waals surface area contributed by atoms with Crippen LogP contribution in [0, 0.1) is 0 Å². The van der Waals surface area contributed by atoms with E-state index in [0.717, 1.165) is 24.2 Å². The van der Waals surface area contributed by atoms with Gasteiger partial charge in [-0.3, -0.25) is 0 Å². The Hall–Kier alpha value is -2.17. The SMILES string of the molecule is CN1CCCc2cc(-c3ncn(N)c3N)ccc21. The third kappa shape index (κ3) is 1.59. The zero-order valence-electron chi connectivity index (χ0n) is 10.4. The molecule has 0 atom stereocenters. The Balaban J connectivity index is 2.07. The lowest BCUT2D eigenvalue weighted by atomic mass is 9.98. The lowest BCUT2D eigenvalue weighted by molar-refractivity contribution is 0.745. The number of nitrogens with zero attached hydrogens (tertiary/aromatic N) is 3. The van der Waals surface area contributed by atoms with Gasteiger partial charge < -0.3 is 16.5 Å². The normalized spacial score (nSPS) is 14.6. The third-order valence-corrected chi connectivity index (χ3v) is 3.54. The summed E-state index contributed by atoms with van der Waals surface area (Å²) in [4.78, 5) is 6.54. The summed E-state index contributed by atoms with van der Waals surface area (Å²) in [5.41, 5.74) is 10.3. The van der Waals surface area contributed by atoms with Gasteiger partial charge in [0.05, 0.1) is 0 Å². The quantitative estimate of drug-likeness (QED) is 0.739. The average Bonchev–Trinajstić information content (AvgIpc) is 2.70. The van der Waals surface area contributed by atoms with Gasteiger partial charge in [-0.15, -0.1) is 0 Å². The Kier molecular flexibility index (Phi) is 2.40. The van der Waals surface area contributed by atoms with Crippen molar-refractivity contribution in [2.24, 2.45) is 0 Å². The summed E-state index contributed by atoms with van der Waals surface area (Å²) in [6.45, 7) is 1.12. The number of benzene rings is 1. The van der Waals surface area contributed by atoms with Gasteiger partial charge in [-0.25, -0.2) is 9.66 Å². The van der Waals surface area contributed by atoms with Gasteiger partial charge in [0.25, 0.3) is 0 Å². The number of fused-ring (bicyclic) bond motifs is 1. The van der Waals surface area contributed by atoms with E-state index in [1.807, 2.05) is 0 Å². The summed E-state index contributed by atoms with van der Waals surface area (Å²) in [7, 11) is 2.13. The summed E-state index contributed by atoms with van der Waals surface area (Å²) in [5.74, 6) is 6.16. The van der Waals surface area contributed by atoms with E-state index in [1.165, 1.54) is 28.7 Å². The van der Waals surface area contributed by atoms with Crippen LogP contribution in [-0.2, 0) is 6.42 Å². The number of hydrogen-bond acceptors (Lipinski definition) is 4. The number of nitrogen functional groups attached to an aromatic ring is 2. The van der Waals surface area contributed by atoms with Gasteiger partial charge >= 0.3 is 0 Å². The van der Waals surface area contributed by atoms with Crippen LogP contribution in [0.4, 0.5) is 11.5 Å². The molecule has 94 valence electrons. The minimum atomic E-state index is 0.499. The van der Waals surface area contributed by atoms with Crippen molar-refractivity contribution in [2.45, 2.75) is 12.8 Å². The summed E-state index contributed by atoms with van der Waals surface area (Å²) in [5, 5.41) is 0. The van der Waals surface area contributed by atoms with Crippen LogP contribution in [0.1, 0.15) is 12.0 Å². The van der Waals surface area contributed by atoms with Crippen LogP contribution < -0.4 is 16.5 Å². The van der Waals surface area contributed by atoms with Gasteiger partial charge in [0, 0.05) is 24.8 Å². The van der Waals surface area contributed by atoms with E-state index in [0.29, 0.717) is 5.82 Å². The molecule has 0 unspecified atom stereocenters. The topological polar surface area (TPSA) is 73.1 Å². The summed E-state index contributed by atoms with van der Waals surface area (Å²) >= 11 is 0. The van der Waals surface area contributed by atoms with Crippen molar-refractivity contribution >= 4 is 11.5 Å². The Morgan fingerprint density at radius 3 is 2.89 bits per heavy atom. The summed E-state index contributed by atoms with van der Waals surface area (Å²) in [6.07, 6.45) is 3.83. The summed E-state index contributed by atoms with van der Waals surface area (Å²) < 4.78 is 1.35. The molecule has 18 heavy (non-hydrogen) atoms. The number of aryl methyl sites for hydroxylation is 1. The zero-order chi connectivity index (χ0) is 12.7. The largest absolute Gasteiger partial charge is 0.382 e. The molecule has 0 radical (unpaired) electrons. The van der Waals surface area contributed by atoms with E-state index in [1.54, 1.807) is 0 Å². The van der Waals surface area contributed by atoms with Gasteiger partial charge in [-0.1, -0.05) is 6.07 Å². The van der Waals surface area contributed by atoms with Crippen molar-refractivity contribution in [3.63, 3.8) is 0 Å². The van der Waals surface area contributed by atoms with Crippen molar-refractivity contribution in [3.05, 3.63) is 30.1 Å². The smallest absolute Gasteiger partial charge is 0.150 e. The molecule has 0 fully saturated rings. The predicted octanol–water partition coefficient (Wildman–Crippen LogP) is 1.23. The van der Waals surface area contributed by atoms with E-state index in [4.69, 9.17) is 11.6 Å². The highest BCUT2D eigenvalue weighted by Crippen LogP contribution is 2.31. The number of rotatable bonds is 1. The van der Waals surface area contributed by atoms with E-state index in [9.17, 15) is 0 Å². The van der Waals surface area contributed by atoms with Crippen molar-refractivity contribution in [1.82, 2.24) is 9.66 Å². The molecule has 1 aliphatic rings. The fourth-order valence-corrected chi connectivity index (χ4v) is 2.53. The molecule has 2 aromatic rings. The van der Waals surface area contributed by atoms with Gasteiger partial charge in [-0.05, 0) is 30.5 Å². The molecular weight excluding hydrogens is 226 g/mol. The first kappa shape index (κ1) is 11.0. The Morgan fingerprint density at radius 2 is 2.17 bits per heavy atom. The molecular formula is C13H17N5. The first-order valence-corrected chi connectivity index (χ1v) is 6.09. The molecule has 1 aromatic heterocycles. The first-order valence-electron chi connectivity index (χ1n) is 6.09. The number of anilines is 2. The monoisotopic (exact) mass is 243 g/mol. The Morgan fingerprint density at radius 1 is 1.33 bits per heavy atom. The van der Waals surface area contributed by atoms with Crippen LogP contribution in [0.15, 0.2) is 24.5 Å². The molecule has 1 aromatic carbocycles. The van der Waals surface area contributed by atoms with Gasteiger partial charge in [0.2, 0.25) is 0 Å². The molecule has 4 N–H and O–H groups in total. The number of imidazole rings is 1. The number of aromatic nitrogens is 2. The van der Waals surface area contributed by atoms with Crippen molar-refractivity contribution in [3.8, 4) is 11.3 Å². The first-order chi connectivity index (χ1) is 8.66. The molecule has 0 aliphatic carbocycles. The van der Waals surface area contributed by atoms with Gasteiger partial charge in [0.1, 0.15) is 17.8 Å². The minimum Gasteiger partial charge on any atom is -0.382 e. The van der Waals surface area contributed by atoms with Crippen LogP contribution in [0.5, 0.6) is 0 Å². The highest BCUT2D eigenvalue weighted by atomic mass is 15.3. The maximum atomic E-state index is 5.90. The molecule has 5 nitrogen and oxygen atoms in total. The molecule has 0 amide bonds. The van der Waals surface area contributed by atoms with E-state index >= 15 is 0 Å². The number of nitrogens with two attached hydrogens (primary N) is 2. The molecule has 2 heterocycles. The second kappa shape index (κ2) is 3.94. The fourth-order valence-electron chi connectivity index (χ4n) is 2.53. The van der Waals surface area contributed by atoms with Crippen molar-refractivity contribution in [1.29, 1.82) is 0 Å². The van der Waals surface area contributed by atoms with Crippen LogP contribution >= 0.6 is 0 Å². The van der Waals surface area contributed by atoms with Crippen LogP contribution in [0.25, 0.3) is 11.3 Å². The predicted molar refractivity (Wildman–Crippen MR) is 73.8 cm³/mol. The molecule has 0 saturated heterocycles. The average molecular weight is 243 g/mol. The third-order valence-electron chi connectivity index (χ3n) is 3.54. The van der Waals surface area contributed by atoms with E-state index in [2.05, 4.69) is 35.1 Å². The van der Waals surface area contributed by atoms with Crippen LogP contribution in [-0.4, -0.2) is 23.3 Å². The second-order valence-corrected chi connectivity index (χ2v) is 4.75. The minimum absolute atomic E-state index is 0.499. The van der Waals surface area contributed by atoms with Crippen LogP contribution in [0.2, 0.25) is 0 Å². The molecule has 1 aliphatic heterocycles. The number of hydrogen-bond donors (Lipinski definition) is 2. The molecule has 0 saturated carbocycles. The van der Waals surface area contributed by atoms with Crippen molar-refractivity contribution in [2.75, 3.05) is 30.1 Å². The Labute approximate surface area is 106 Å². The maximum Gasteiger partial charge on any atom is 0.150 e. The van der Waals surface area contributed by atoms with Crippen LogP contribution in [0.3, 0.4) is 0 Å². The van der Waals surface area contributed by atoms with Gasteiger partial charge in [0.15, 0.2) is 0 Å².